The molecule has 176 valence electrons. The van der Waals surface area contributed by atoms with Gasteiger partial charge in [-0.05, 0) is 38.3 Å². The Balaban J connectivity index is 1.73. The fourth-order valence-corrected chi connectivity index (χ4v) is 3.36. The molecule has 0 aliphatic rings. The monoisotopic (exact) mass is 462 g/mol. The van der Waals surface area contributed by atoms with E-state index in [2.05, 4.69) is 35.6 Å². The van der Waals surface area contributed by atoms with E-state index in [-0.39, 0.29) is 30.3 Å². The first-order valence-electron chi connectivity index (χ1n) is 10.7. The first kappa shape index (κ1) is 23.1. The number of pyridine rings is 2. The minimum Gasteiger partial charge on any atom is -0.467 e. The molecule has 0 unspecified atom stereocenters. The van der Waals surface area contributed by atoms with Gasteiger partial charge in [0.2, 0.25) is 0 Å². The lowest BCUT2D eigenvalue weighted by molar-refractivity contribution is 0.274. The highest BCUT2D eigenvalue weighted by atomic mass is 16.5. The zero-order chi connectivity index (χ0) is 24.3. The Bertz CT molecular complexity index is 1360. The van der Waals surface area contributed by atoms with Crippen molar-refractivity contribution in [1.29, 1.82) is 0 Å². The van der Waals surface area contributed by atoms with E-state index in [9.17, 15) is 9.90 Å². The van der Waals surface area contributed by atoms with Crippen LogP contribution < -0.4 is 20.9 Å². The standard InChI is InChI=1S/C23H26N8O3/c1-23(2,3)30-20-19-14(5-6-31(7-8-32)21(19)33)9-18(29-20)28-17-10-16(26-13-27-17)15-11-24-22(34-4)25-12-15/h5-6,9-13,32H,7-8H2,1-4H3,(H2,26,27,28,29,30). The Kier molecular flexibility index (Phi) is 6.37. The Morgan fingerprint density at radius 1 is 1.09 bits per heavy atom. The number of aliphatic hydroxyl groups is 1. The SMILES string of the molecule is COc1ncc(-c2cc(Nc3cc4ccn(CCO)c(=O)c4c(NC(C)(C)C)n3)ncn2)cn1. The zero-order valence-corrected chi connectivity index (χ0v) is 19.4. The predicted octanol–water partition coefficient (Wildman–Crippen LogP) is 2.60. The summed E-state index contributed by atoms with van der Waals surface area (Å²) in [5.74, 6) is 1.47. The van der Waals surface area contributed by atoms with Crippen LogP contribution in [-0.2, 0) is 6.54 Å². The molecule has 0 aromatic carbocycles. The van der Waals surface area contributed by atoms with Crippen LogP contribution in [0, 0.1) is 0 Å². The van der Waals surface area contributed by atoms with Gasteiger partial charge in [-0.25, -0.2) is 24.9 Å². The number of aliphatic hydroxyl groups excluding tert-OH is 1. The maximum absolute atomic E-state index is 13.1. The van der Waals surface area contributed by atoms with Gasteiger partial charge in [-0.3, -0.25) is 4.79 Å². The highest BCUT2D eigenvalue weighted by Gasteiger charge is 2.17. The van der Waals surface area contributed by atoms with Crippen LogP contribution in [0.1, 0.15) is 20.8 Å². The summed E-state index contributed by atoms with van der Waals surface area (Å²) >= 11 is 0. The van der Waals surface area contributed by atoms with Gasteiger partial charge >= 0.3 is 6.01 Å². The smallest absolute Gasteiger partial charge is 0.316 e. The third kappa shape index (κ3) is 5.09. The Labute approximate surface area is 195 Å². The van der Waals surface area contributed by atoms with Crippen LogP contribution in [0.3, 0.4) is 0 Å². The van der Waals surface area contributed by atoms with Crippen LogP contribution in [0.2, 0.25) is 0 Å². The maximum Gasteiger partial charge on any atom is 0.316 e. The van der Waals surface area contributed by atoms with Gasteiger partial charge < -0.3 is 25.0 Å². The average Bonchev–Trinajstić information content (AvgIpc) is 2.80. The molecule has 0 aliphatic carbocycles. The molecule has 34 heavy (non-hydrogen) atoms. The van der Waals surface area contributed by atoms with Gasteiger partial charge in [-0.2, -0.15) is 0 Å². The molecule has 0 spiro atoms. The van der Waals surface area contributed by atoms with E-state index in [0.717, 1.165) is 0 Å². The number of aromatic nitrogens is 6. The molecule has 0 saturated heterocycles. The second-order valence-electron chi connectivity index (χ2n) is 8.61. The van der Waals surface area contributed by atoms with Crippen molar-refractivity contribution in [1.82, 2.24) is 29.5 Å². The third-order valence-corrected chi connectivity index (χ3v) is 4.82. The molecule has 0 bridgehead atoms. The molecule has 0 atom stereocenters. The molecule has 0 radical (unpaired) electrons. The summed E-state index contributed by atoms with van der Waals surface area (Å²) in [5, 5.41) is 17.0. The first-order valence-corrected chi connectivity index (χ1v) is 10.7. The zero-order valence-electron chi connectivity index (χ0n) is 19.4. The van der Waals surface area contributed by atoms with Gasteiger partial charge in [0.1, 0.15) is 23.8 Å². The maximum atomic E-state index is 13.1. The van der Waals surface area contributed by atoms with Crippen molar-refractivity contribution in [2.45, 2.75) is 32.9 Å². The molecule has 0 amide bonds. The van der Waals surface area contributed by atoms with Gasteiger partial charge in [-0.1, -0.05) is 0 Å². The number of methoxy groups -OCH3 is 1. The number of fused-ring (bicyclic) bond motifs is 1. The van der Waals surface area contributed by atoms with E-state index in [1.807, 2.05) is 26.8 Å². The topological polar surface area (TPSA) is 140 Å². The molecule has 0 fully saturated rings. The van der Waals surface area contributed by atoms with E-state index < -0.39 is 0 Å². The van der Waals surface area contributed by atoms with Crippen molar-refractivity contribution in [3.8, 4) is 17.3 Å². The minimum absolute atomic E-state index is 0.129. The van der Waals surface area contributed by atoms with Crippen molar-refractivity contribution in [3.63, 3.8) is 0 Å². The number of ether oxygens (including phenoxy) is 1. The second-order valence-corrected chi connectivity index (χ2v) is 8.61. The summed E-state index contributed by atoms with van der Waals surface area (Å²) in [4.78, 5) is 34.5. The fraction of sp³-hybridized carbons (Fsp3) is 0.304. The molecule has 4 heterocycles. The molecule has 11 nitrogen and oxygen atoms in total. The van der Waals surface area contributed by atoms with Crippen LogP contribution in [0.5, 0.6) is 6.01 Å². The van der Waals surface area contributed by atoms with Crippen LogP contribution in [0.25, 0.3) is 22.0 Å². The van der Waals surface area contributed by atoms with E-state index in [1.165, 1.54) is 18.0 Å². The van der Waals surface area contributed by atoms with Crippen molar-refractivity contribution in [2.24, 2.45) is 0 Å². The van der Waals surface area contributed by atoms with Crippen LogP contribution >= 0.6 is 0 Å². The number of rotatable bonds is 7. The number of anilines is 3. The summed E-state index contributed by atoms with van der Waals surface area (Å²) < 4.78 is 6.47. The Morgan fingerprint density at radius 3 is 2.53 bits per heavy atom. The third-order valence-electron chi connectivity index (χ3n) is 4.82. The lowest BCUT2D eigenvalue weighted by Gasteiger charge is -2.23. The van der Waals surface area contributed by atoms with Gasteiger partial charge in [0.05, 0.1) is 24.8 Å². The second kappa shape index (κ2) is 9.40. The van der Waals surface area contributed by atoms with E-state index in [0.29, 0.717) is 39.5 Å². The van der Waals surface area contributed by atoms with Gasteiger partial charge in [0.25, 0.3) is 5.56 Å². The van der Waals surface area contributed by atoms with Gasteiger partial charge in [0, 0.05) is 42.3 Å². The van der Waals surface area contributed by atoms with Crippen molar-refractivity contribution in [3.05, 3.63) is 53.5 Å². The molecule has 0 saturated carbocycles. The van der Waals surface area contributed by atoms with Crippen molar-refractivity contribution < 1.29 is 9.84 Å². The molecular weight excluding hydrogens is 436 g/mol. The highest BCUT2D eigenvalue weighted by Crippen LogP contribution is 2.27. The summed E-state index contributed by atoms with van der Waals surface area (Å²) in [6, 6.07) is 5.64. The van der Waals surface area contributed by atoms with E-state index in [1.54, 1.807) is 30.7 Å². The normalized spacial score (nSPS) is 11.4. The first-order chi connectivity index (χ1) is 16.3. The number of hydrogen-bond donors (Lipinski definition) is 3. The molecule has 0 aliphatic heterocycles. The van der Waals surface area contributed by atoms with Gasteiger partial charge in [0.15, 0.2) is 0 Å². The lowest BCUT2D eigenvalue weighted by Crippen LogP contribution is -2.29. The summed E-state index contributed by atoms with van der Waals surface area (Å²) in [5.41, 5.74) is 0.776. The summed E-state index contributed by atoms with van der Waals surface area (Å²) in [6.45, 7) is 6.05. The fourth-order valence-electron chi connectivity index (χ4n) is 3.36. The molecule has 3 N–H and O–H groups in total. The molecule has 4 aromatic heterocycles. The number of nitrogens with one attached hydrogen (secondary N) is 2. The largest absolute Gasteiger partial charge is 0.467 e. The van der Waals surface area contributed by atoms with Crippen molar-refractivity contribution >= 4 is 28.2 Å². The van der Waals surface area contributed by atoms with Crippen LogP contribution in [0.15, 0.2) is 47.9 Å². The molecule has 11 heteroatoms. The van der Waals surface area contributed by atoms with E-state index in [4.69, 9.17) is 4.74 Å². The summed E-state index contributed by atoms with van der Waals surface area (Å²) in [7, 11) is 1.50. The molecule has 4 aromatic rings. The minimum atomic E-state index is -0.334. The van der Waals surface area contributed by atoms with Crippen LogP contribution in [-0.4, -0.2) is 53.8 Å². The lowest BCUT2D eigenvalue weighted by atomic mass is 10.1. The van der Waals surface area contributed by atoms with Crippen LogP contribution in [0.4, 0.5) is 17.5 Å². The van der Waals surface area contributed by atoms with Gasteiger partial charge in [-0.15, -0.1) is 0 Å². The van der Waals surface area contributed by atoms with E-state index >= 15 is 0 Å². The quantitative estimate of drug-likeness (QED) is 0.375. The predicted molar refractivity (Wildman–Crippen MR) is 129 cm³/mol. The number of nitrogens with zero attached hydrogens (tertiary/aromatic N) is 6. The number of hydrogen-bond acceptors (Lipinski definition) is 10. The average molecular weight is 463 g/mol. The highest BCUT2D eigenvalue weighted by molar-refractivity contribution is 5.93. The summed E-state index contributed by atoms with van der Waals surface area (Å²) in [6.07, 6.45) is 6.34. The Hall–Kier alpha value is -4.12. The molecular formula is C23H26N8O3. The molecule has 4 rings (SSSR count). The van der Waals surface area contributed by atoms with Crippen molar-refractivity contribution in [2.75, 3.05) is 24.4 Å². The Morgan fingerprint density at radius 2 is 1.85 bits per heavy atom.